The summed E-state index contributed by atoms with van der Waals surface area (Å²) in [6.07, 6.45) is 1.79. The van der Waals surface area contributed by atoms with Gasteiger partial charge in [-0.25, -0.2) is 0 Å². The van der Waals surface area contributed by atoms with E-state index in [4.69, 9.17) is 11.6 Å². The molecule has 0 heterocycles. The van der Waals surface area contributed by atoms with E-state index in [2.05, 4.69) is 16.6 Å². The molecule has 0 radical (unpaired) electrons. The lowest BCUT2D eigenvalue weighted by Gasteiger charge is -2.25. The maximum absolute atomic E-state index is 11.7. The number of hydrogen-bond donors (Lipinski definition) is 0. The fourth-order valence-corrected chi connectivity index (χ4v) is 1.95. The molecule has 0 aromatic carbocycles. The summed E-state index contributed by atoms with van der Waals surface area (Å²) in [6, 6.07) is 0. The molecule has 4 nitrogen and oxygen atoms in total. The predicted octanol–water partition coefficient (Wildman–Crippen LogP) is 1.63. The number of esters is 1. The first kappa shape index (κ1) is 14.7. The van der Waals surface area contributed by atoms with Gasteiger partial charge in [0.05, 0.1) is 13.5 Å². The standard InChI is InChI=1S/C13H15ClO4/c1-18-12(17)8-3-2-4-9-13(14)10(15)6-5-7-11(13)16/h3,5-9H2,1H3. The highest BCUT2D eigenvalue weighted by Crippen LogP contribution is 2.30. The molecule has 1 aliphatic rings. The molecule has 0 unspecified atom stereocenters. The number of carbonyl (C=O) groups excluding carboxylic acids is 3. The Morgan fingerprint density at radius 3 is 2.50 bits per heavy atom. The third kappa shape index (κ3) is 3.58. The van der Waals surface area contributed by atoms with Crippen molar-refractivity contribution in [2.45, 2.75) is 43.4 Å². The molecule has 1 aliphatic carbocycles. The molecular formula is C13H15ClO4. The maximum atomic E-state index is 11.7. The minimum absolute atomic E-state index is 0.0212. The maximum Gasteiger partial charge on any atom is 0.306 e. The summed E-state index contributed by atoms with van der Waals surface area (Å²) in [5, 5.41) is 0. The van der Waals surface area contributed by atoms with Gasteiger partial charge in [0.15, 0.2) is 16.4 Å². The second-order valence-electron chi connectivity index (χ2n) is 4.11. The Kier molecular flexibility index (Phi) is 5.36. The average Bonchev–Trinajstić information content (AvgIpc) is 2.35. The Hall–Kier alpha value is -1.34. The van der Waals surface area contributed by atoms with Gasteiger partial charge in [-0.3, -0.25) is 14.4 Å². The molecule has 5 heteroatoms. The molecule has 1 rings (SSSR count). The van der Waals surface area contributed by atoms with Gasteiger partial charge in [-0.15, -0.1) is 23.4 Å². The zero-order chi connectivity index (χ0) is 13.6. The molecule has 18 heavy (non-hydrogen) atoms. The first-order chi connectivity index (χ1) is 8.50. The van der Waals surface area contributed by atoms with Crippen LogP contribution >= 0.6 is 11.6 Å². The van der Waals surface area contributed by atoms with Gasteiger partial charge in [0, 0.05) is 25.7 Å². The number of Topliss-reactive ketones (excluding diaryl/α,β-unsaturated/α-hetero) is 2. The highest BCUT2D eigenvalue weighted by Gasteiger charge is 2.44. The Morgan fingerprint density at radius 2 is 1.94 bits per heavy atom. The van der Waals surface area contributed by atoms with E-state index in [-0.39, 0.29) is 30.4 Å². The molecule has 0 aromatic heterocycles. The van der Waals surface area contributed by atoms with Crippen molar-refractivity contribution in [1.82, 2.24) is 0 Å². The summed E-state index contributed by atoms with van der Waals surface area (Å²) in [7, 11) is 1.31. The lowest BCUT2D eigenvalue weighted by Crippen LogP contribution is -2.43. The van der Waals surface area contributed by atoms with Gasteiger partial charge < -0.3 is 4.74 Å². The summed E-state index contributed by atoms with van der Waals surface area (Å²) in [5.41, 5.74) is 0. The second kappa shape index (κ2) is 6.55. The second-order valence-corrected chi connectivity index (χ2v) is 4.75. The van der Waals surface area contributed by atoms with Crippen molar-refractivity contribution in [2.75, 3.05) is 7.11 Å². The van der Waals surface area contributed by atoms with E-state index in [1.165, 1.54) is 7.11 Å². The van der Waals surface area contributed by atoms with Crippen LogP contribution in [0.1, 0.15) is 38.5 Å². The summed E-state index contributed by atoms with van der Waals surface area (Å²) in [4.78, 5) is 32.7. The average molecular weight is 271 g/mol. The van der Waals surface area contributed by atoms with Gasteiger partial charge in [0.2, 0.25) is 0 Å². The van der Waals surface area contributed by atoms with Crippen molar-refractivity contribution in [3.63, 3.8) is 0 Å². The summed E-state index contributed by atoms with van der Waals surface area (Å²) < 4.78 is 4.46. The molecule has 0 aliphatic heterocycles. The van der Waals surface area contributed by atoms with Gasteiger partial charge >= 0.3 is 5.97 Å². The van der Waals surface area contributed by atoms with Crippen molar-refractivity contribution in [3.05, 3.63) is 0 Å². The van der Waals surface area contributed by atoms with Gasteiger partial charge in [0.25, 0.3) is 0 Å². The SMILES string of the molecule is COC(=O)CCC#CCC1(Cl)C(=O)CCCC1=O. The Morgan fingerprint density at radius 1 is 1.33 bits per heavy atom. The third-order valence-electron chi connectivity index (χ3n) is 2.83. The Bertz CT molecular complexity index is 400. The van der Waals surface area contributed by atoms with E-state index in [9.17, 15) is 14.4 Å². The van der Waals surface area contributed by atoms with Crippen LogP contribution in [0.15, 0.2) is 0 Å². The van der Waals surface area contributed by atoms with Gasteiger partial charge in [0.1, 0.15) is 0 Å². The van der Waals surface area contributed by atoms with Crippen molar-refractivity contribution in [1.29, 1.82) is 0 Å². The zero-order valence-electron chi connectivity index (χ0n) is 10.3. The van der Waals surface area contributed by atoms with Crippen molar-refractivity contribution in [3.8, 4) is 11.8 Å². The van der Waals surface area contributed by atoms with E-state index in [1.54, 1.807) is 0 Å². The van der Waals surface area contributed by atoms with Crippen molar-refractivity contribution < 1.29 is 19.1 Å². The van der Waals surface area contributed by atoms with Crippen LogP contribution in [0.5, 0.6) is 0 Å². The Balaban J connectivity index is 2.50. The van der Waals surface area contributed by atoms with Crippen LogP contribution in [0.2, 0.25) is 0 Å². The Labute approximate surface area is 111 Å². The zero-order valence-corrected chi connectivity index (χ0v) is 11.0. The lowest BCUT2D eigenvalue weighted by atomic mass is 9.84. The number of alkyl halides is 1. The molecule has 1 fully saturated rings. The first-order valence-electron chi connectivity index (χ1n) is 5.79. The number of ketones is 2. The molecule has 0 spiro atoms. The highest BCUT2D eigenvalue weighted by atomic mass is 35.5. The minimum atomic E-state index is -1.46. The number of ether oxygens (including phenoxy) is 1. The van der Waals surface area contributed by atoms with E-state index in [1.807, 2.05) is 0 Å². The van der Waals surface area contributed by atoms with Crippen LogP contribution in [-0.4, -0.2) is 29.5 Å². The monoisotopic (exact) mass is 270 g/mol. The molecule has 0 atom stereocenters. The van der Waals surface area contributed by atoms with E-state index in [0.717, 1.165) is 0 Å². The van der Waals surface area contributed by atoms with Crippen LogP contribution in [0.4, 0.5) is 0 Å². The summed E-state index contributed by atoms with van der Waals surface area (Å²) in [6.45, 7) is 0. The fraction of sp³-hybridized carbons (Fsp3) is 0.615. The topological polar surface area (TPSA) is 60.4 Å². The predicted molar refractivity (Wildman–Crippen MR) is 66.1 cm³/mol. The molecule has 1 saturated carbocycles. The van der Waals surface area contributed by atoms with Crippen LogP contribution in [0, 0.1) is 11.8 Å². The normalized spacial score (nSPS) is 17.9. The largest absolute Gasteiger partial charge is 0.469 e. The third-order valence-corrected chi connectivity index (χ3v) is 3.39. The summed E-state index contributed by atoms with van der Waals surface area (Å²) >= 11 is 6.05. The quantitative estimate of drug-likeness (QED) is 0.338. The number of methoxy groups -OCH3 is 1. The molecule has 0 aromatic rings. The molecule has 0 saturated heterocycles. The number of carbonyl (C=O) groups is 3. The van der Waals surface area contributed by atoms with Crippen LogP contribution in [0.3, 0.4) is 0 Å². The number of rotatable bonds is 3. The van der Waals surface area contributed by atoms with E-state index >= 15 is 0 Å². The molecule has 98 valence electrons. The van der Waals surface area contributed by atoms with Crippen LogP contribution in [-0.2, 0) is 19.1 Å². The van der Waals surface area contributed by atoms with Gasteiger partial charge in [-0.05, 0) is 6.42 Å². The molecule has 0 bridgehead atoms. The number of hydrogen-bond acceptors (Lipinski definition) is 4. The van der Waals surface area contributed by atoms with Crippen LogP contribution in [0.25, 0.3) is 0 Å². The molecule has 0 N–H and O–H groups in total. The van der Waals surface area contributed by atoms with E-state index in [0.29, 0.717) is 25.7 Å². The highest BCUT2D eigenvalue weighted by molar-refractivity contribution is 6.47. The fourth-order valence-electron chi connectivity index (χ4n) is 1.70. The molecular weight excluding hydrogens is 256 g/mol. The first-order valence-corrected chi connectivity index (χ1v) is 6.16. The molecule has 0 amide bonds. The van der Waals surface area contributed by atoms with E-state index < -0.39 is 4.87 Å². The van der Waals surface area contributed by atoms with Crippen molar-refractivity contribution >= 4 is 29.1 Å². The van der Waals surface area contributed by atoms with Gasteiger partial charge in [-0.1, -0.05) is 0 Å². The van der Waals surface area contributed by atoms with Gasteiger partial charge in [-0.2, -0.15) is 0 Å². The smallest absolute Gasteiger partial charge is 0.306 e. The van der Waals surface area contributed by atoms with Crippen molar-refractivity contribution in [2.24, 2.45) is 0 Å². The van der Waals surface area contributed by atoms with Crippen LogP contribution < -0.4 is 0 Å². The summed E-state index contributed by atoms with van der Waals surface area (Å²) in [5.74, 6) is 4.60. The minimum Gasteiger partial charge on any atom is -0.469 e. The number of halogens is 1. The lowest BCUT2D eigenvalue weighted by molar-refractivity contribution is -0.140.